The topological polar surface area (TPSA) is 113 Å². The van der Waals surface area contributed by atoms with E-state index in [1.165, 1.54) is 0 Å². The average Bonchev–Trinajstić information content (AvgIpc) is 3.24. The molecule has 0 radical (unpaired) electrons. The van der Waals surface area contributed by atoms with Crippen LogP contribution in [0, 0.1) is 0 Å². The summed E-state index contributed by atoms with van der Waals surface area (Å²) < 4.78 is 21.4. The summed E-state index contributed by atoms with van der Waals surface area (Å²) in [5.74, 6) is 0.874. The Morgan fingerprint density at radius 3 is 2.55 bits per heavy atom. The Morgan fingerprint density at radius 1 is 1.06 bits per heavy atom. The lowest BCUT2D eigenvalue weighted by molar-refractivity contribution is -0.113. The highest BCUT2D eigenvalue weighted by atomic mass is 32.2. The van der Waals surface area contributed by atoms with E-state index in [-0.39, 0.29) is 23.0 Å². The number of carbonyl (C=O) groups is 2. The first-order valence-electron chi connectivity index (χ1n) is 10.2. The molecular weight excluding hydrogens is 446 g/mol. The monoisotopic (exact) mass is 471 g/mol. The number of hydrogen-bond donors (Lipinski definition) is 1. The molecule has 0 fully saturated rings. The van der Waals surface area contributed by atoms with Crippen molar-refractivity contribution >= 4 is 29.3 Å². The number of thioether (sulfide) groups is 1. The Kier molecular flexibility index (Phi) is 8.31. The van der Waals surface area contributed by atoms with Gasteiger partial charge in [0, 0.05) is 0 Å². The van der Waals surface area contributed by atoms with E-state index in [4.69, 9.17) is 18.6 Å². The zero-order chi connectivity index (χ0) is 23.8. The molecule has 1 aromatic heterocycles. The number of para-hydroxylation sites is 1. The van der Waals surface area contributed by atoms with E-state index in [0.29, 0.717) is 35.1 Å². The average molecular weight is 472 g/mol. The van der Waals surface area contributed by atoms with Gasteiger partial charge in [0.25, 0.3) is 5.22 Å². The number of hydrogen-bond acceptors (Lipinski definition) is 9. The van der Waals surface area contributed by atoms with Crippen molar-refractivity contribution in [2.45, 2.75) is 31.6 Å². The van der Waals surface area contributed by atoms with Crippen LogP contribution >= 0.6 is 11.8 Å². The van der Waals surface area contributed by atoms with Gasteiger partial charge < -0.3 is 23.9 Å². The van der Waals surface area contributed by atoms with Crippen LogP contribution in [0.2, 0.25) is 0 Å². The lowest BCUT2D eigenvalue weighted by atomic mass is 10.1. The van der Waals surface area contributed by atoms with Crippen molar-refractivity contribution in [1.82, 2.24) is 10.2 Å². The molecule has 1 amide bonds. The molecule has 0 aliphatic carbocycles. The smallest absolute Gasteiger partial charge is 0.340 e. The van der Waals surface area contributed by atoms with Gasteiger partial charge in [0.05, 0.1) is 43.7 Å². The molecule has 0 unspecified atom stereocenters. The molecule has 0 spiro atoms. The number of aromatic nitrogens is 2. The van der Waals surface area contributed by atoms with E-state index in [2.05, 4.69) is 15.5 Å². The van der Waals surface area contributed by atoms with Gasteiger partial charge in [0.1, 0.15) is 0 Å². The minimum absolute atomic E-state index is 0.0333. The van der Waals surface area contributed by atoms with Gasteiger partial charge in [-0.05, 0) is 43.7 Å². The highest BCUT2D eigenvalue weighted by molar-refractivity contribution is 7.99. The fourth-order valence-electron chi connectivity index (χ4n) is 2.89. The lowest BCUT2D eigenvalue weighted by Gasteiger charge is -2.12. The maximum absolute atomic E-state index is 12.4. The minimum atomic E-state index is -0.495. The Hall–Kier alpha value is -3.53. The van der Waals surface area contributed by atoms with Gasteiger partial charge in [-0.25, -0.2) is 4.79 Å². The fourth-order valence-corrected chi connectivity index (χ4v) is 3.47. The van der Waals surface area contributed by atoms with Crippen LogP contribution in [-0.4, -0.2) is 48.2 Å². The largest absolute Gasteiger partial charge is 0.493 e. The zero-order valence-corrected chi connectivity index (χ0v) is 19.6. The predicted molar refractivity (Wildman–Crippen MR) is 123 cm³/mol. The summed E-state index contributed by atoms with van der Waals surface area (Å²) >= 11 is 1.10. The molecule has 0 aliphatic rings. The third kappa shape index (κ3) is 6.72. The first kappa shape index (κ1) is 24.1. The molecule has 9 nitrogen and oxygen atoms in total. The quantitative estimate of drug-likeness (QED) is 0.346. The minimum Gasteiger partial charge on any atom is -0.493 e. The molecule has 33 heavy (non-hydrogen) atoms. The molecule has 0 bridgehead atoms. The van der Waals surface area contributed by atoms with Gasteiger partial charge in [0.2, 0.25) is 11.8 Å². The summed E-state index contributed by atoms with van der Waals surface area (Å²) in [6.07, 6.45) is 0.147. The summed E-state index contributed by atoms with van der Waals surface area (Å²) in [4.78, 5) is 24.7. The van der Waals surface area contributed by atoms with Crippen LogP contribution in [-0.2, 0) is 16.0 Å². The van der Waals surface area contributed by atoms with Crippen molar-refractivity contribution in [3.63, 3.8) is 0 Å². The van der Waals surface area contributed by atoms with E-state index in [9.17, 15) is 9.59 Å². The van der Waals surface area contributed by atoms with Crippen molar-refractivity contribution < 1.29 is 28.2 Å². The van der Waals surface area contributed by atoms with Crippen LogP contribution in [0.15, 0.2) is 52.1 Å². The first-order valence-corrected chi connectivity index (χ1v) is 11.1. The second-order valence-electron chi connectivity index (χ2n) is 7.16. The number of carbonyl (C=O) groups excluding carboxylic acids is 2. The summed E-state index contributed by atoms with van der Waals surface area (Å²) in [5, 5.41) is 11.0. The van der Waals surface area contributed by atoms with Crippen molar-refractivity contribution in [3.8, 4) is 11.5 Å². The van der Waals surface area contributed by atoms with Crippen LogP contribution in [0.3, 0.4) is 0 Å². The SMILES string of the molecule is COc1ccc(Cc2nnc(SCC(=O)Nc3ccccc3C(=O)OC(C)C)o2)cc1OC. The van der Waals surface area contributed by atoms with Crippen molar-refractivity contribution in [2.75, 3.05) is 25.3 Å². The van der Waals surface area contributed by atoms with E-state index >= 15 is 0 Å². The number of benzene rings is 2. The maximum Gasteiger partial charge on any atom is 0.340 e. The standard InChI is InChI=1S/C23H25N3O6S/c1-14(2)31-22(28)16-7-5-6-8-17(16)24-20(27)13-33-23-26-25-21(32-23)12-15-9-10-18(29-3)19(11-15)30-4/h5-11,14H,12-13H2,1-4H3,(H,24,27). The van der Waals surface area contributed by atoms with Gasteiger partial charge in [-0.1, -0.05) is 30.0 Å². The maximum atomic E-state index is 12.4. The normalized spacial score (nSPS) is 10.7. The van der Waals surface area contributed by atoms with Crippen LogP contribution in [0.4, 0.5) is 5.69 Å². The van der Waals surface area contributed by atoms with Crippen LogP contribution in [0.1, 0.15) is 35.7 Å². The van der Waals surface area contributed by atoms with Crippen LogP contribution in [0.5, 0.6) is 11.5 Å². The highest BCUT2D eigenvalue weighted by Gasteiger charge is 2.17. The zero-order valence-electron chi connectivity index (χ0n) is 18.8. The molecular formula is C23H25N3O6S. The Labute approximate surface area is 195 Å². The van der Waals surface area contributed by atoms with Crippen LogP contribution in [0.25, 0.3) is 0 Å². The molecule has 1 N–H and O–H groups in total. The number of amides is 1. The third-order valence-electron chi connectivity index (χ3n) is 4.34. The van der Waals surface area contributed by atoms with Gasteiger partial charge in [0.15, 0.2) is 11.5 Å². The molecule has 0 saturated carbocycles. The molecule has 0 saturated heterocycles. The van der Waals surface area contributed by atoms with Gasteiger partial charge in [-0.3, -0.25) is 4.79 Å². The molecule has 174 valence electrons. The van der Waals surface area contributed by atoms with E-state index in [1.807, 2.05) is 12.1 Å². The number of ether oxygens (including phenoxy) is 3. The summed E-state index contributed by atoms with van der Waals surface area (Å²) in [5.41, 5.74) is 1.59. The molecule has 1 heterocycles. The third-order valence-corrected chi connectivity index (χ3v) is 5.16. The number of nitrogens with one attached hydrogen (secondary N) is 1. The van der Waals surface area contributed by atoms with Crippen molar-refractivity contribution in [2.24, 2.45) is 0 Å². The van der Waals surface area contributed by atoms with Crippen LogP contribution < -0.4 is 14.8 Å². The summed E-state index contributed by atoms with van der Waals surface area (Å²) in [6.45, 7) is 3.53. The number of nitrogens with zero attached hydrogens (tertiary/aromatic N) is 2. The number of esters is 1. The van der Waals surface area contributed by atoms with E-state index in [0.717, 1.165) is 17.3 Å². The molecule has 10 heteroatoms. The Balaban J connectivity index is 1.57. The van der Waals surface area contributed by atoms with Gasteiger partial charge >= 0.3 is 5.97 Å². The molecule has 0 aliphatic heterocycles. The van der Waals surface area contributed by atoms with Gasteiger partial charge in [-0.15, -0.1) is 10.2 Å². The summed E-state index contributed by atoms with van der Waals surface area (Å²) in [7, 11) is 3.14. The highest BCUT2D eigenvalue weighted by Crippen LogP contribution is 2.28. The Morgan fingerprint density at radius 2 is 1.82 bits per heavy atom. The van der Waals surface area contributed by atoms with E-state index < -0.39 is 5.97 Å². The van der Waals surface area contributed by atoms with E-state index in [1.54, 1.807) is 58.4 Å². The predicted octanol–water partition coefficient (Wildman–Crippen LogP) is 3.97. The first-order chi connectivity index (χ1) is 15.9. The Bertz CT molecular complexity index is 1120. The van der Waals surface area contributed by atoms with Crippen molar-refractivity contribution in [3.05, 3.63) is 59.5 Å². The molecule has 2 aromatic carbocycles. The summed E-state index contributed by atoms with van der Waals surface area (Å²) in [6, 6.07) is 12.2. The molecule has 3 aromatic rings. The molecule has 0 atom stereocenters. The lowest BCUT2D eigenvalue weighted by Crippen LogP contribution is -2.18. The number of rotatable bonds is 10. The second-order valence-corrected chi connectivity index (χ2v) is 8.09. The number of methoxy groups -OCH3 is 2. The second kappa shape index (κ2) is 11.4. The molecule has 3 rings (SSSR count). The number of anilines is 1. The van der Waals surface area contributed by atoms with Crippen molar-refractivity contribution in [1.29, 1.82) is 0 Å². The fraction of sp³-hybridized carbons (Fsp3) is 0.304. The van der Waals surface area contributed by atoms with Gasteiger partial charge in [-0.2, -0.15) is 0 Å².